The fraction of sp³-hybridized carbons (Fsp3) is 0.900. The number of hydrogen-bond donors (Lipinski definition) is 2. The van der Waals surface area contributed by atoms with Gasteiger partial charge < -0.3 is 19.8 Å². The lowest BCUT2D eigenvalue weighted by molar-refractivity contribution is -0.134. The summed E-state index contributed by atoms with van der Waals surface area (Å²) in [5.74, 6) is -0.0672. The van der Waals surface area contributed by atoms with E-state index in [0.29, 0.717) is 39.1 Å². The highest BCUT2D eigenvalue weighted by Gasteiger charge is 2.37. The van der Waals surface area contributed by atoms with Crippen molar-refractivity contribution in [2.24, 2.45) is 0 Å². The van der Waals surface area contributed by atoms with Crippen molar-refractivity contribution < 1.29 is 19.7 Å². The molecule has 1 atom stereocenters. The van der Waals surface area contributed by atoms with Gasteiger partial charge in [-0.1, -0.05) is 0 Å². The lowest BCUT2D eigenvalue weighted by Crippen LogP contribution is -2.47. The zero-order valence-corrected chi connectivity index (χ0v) is 8.69. The van der Waals surface area contributed by atoms with Gasteiger partial charge in [-0.2, -0.15) is 0 Å². The Labute approximate surface area is 88.6 Å². The summed E-state index contributed by atoms with van der Waals surface area (Å²) in [6, 6.07) is 0. The normalized spacial score (nSPS) is 30.9. The molecule has 5 heteroatoms. The smallest absolute Gasteiger partial charge is 0.225 e. The number of ether oxygens (including phenoxy) is 1. The number of rotatable bonds is 2. The maximum atomic E-state index is 11.4. The third kappa shape index (κ3) is 2.48. The Bertz CT molecular complexity index is 250. The molecule has 0 radical (unpaired) electrons. The molecule has 2 saturated heterocycles. The summed E-state index contributed by atoms with van der Waals surface area (Å²) in [4.78, 5) is 13.0. The molecule has 0 spiro atoms. The van der Waals surface area contributed by atoms with Gasteiger partial charge >= 0.3 is 0 Å². The number of hydrogen-bond acceptors (Lipinski definition) is 4. The Balaban J connectivity index is 1.92. The van der Waals surface area contributed by atoms with E-state index in [1.54, 1.807) is 4.90 Å². The number of carbonyl (C=O) groups excluding carboxylic acids is 1. The van der Waals surface area contributed by atoms with Crippen LogP contribution in [0.25, 0.3) is 0 Å². The van der Waals surface area contributed by atoms with Crippen LogP contribution in [0.3, 0.4) is 0 Å². The fourth-order valence-corrected chi connectivity index (χ4v) is 2.17. The number of β-amino-alcohol motifs (C(OH)–C–C–N with tert-alkyl or cyclic N) is 2. The second-order valence-corrected chi connectivity index (χ2v) is 4.47. The van der Waals surface area contributed by atoms with Crippen LogP contribution < -0.4 is 0 Å². The Morgan fingerprint density at radius 3 is 2.67 bits per heavy atom. The average Bonchev–Trinajstić information content (AvgIpc) is 2.45. The Morgan fingerprint density at radius 1 is 1.47 bits per heavy atom. The highest BCUT2D eigenvalue weighted by molar-refractivity contribution is 5.79. The first-order valence-corrected chi connectivity index (χ1v) is 5.35. The molecule has 0 saturated carbocycles. The average molecular weight is 215 g/mol. The molecule has 2 heterocycles. The second kappa shape index (κ2) is 4.08. The first-order valence-electron chi connectivity index (χ1n) is 5.35. The van der Waals surface area contributed by atoms with Crippen molar-refractivity contribution in [1.29, 1.82) is 0 Å². The molecule has 2 fully saturated rings. The fourth-order valence-electron chi connectivity index (χ4n) is 2.17. The Kier molecular flexibility index (Phi) is 2.95. The number of likely N-dealkylation sites (tertiary alicyclic amines) is 1. The van der Waals surface area contributed by atoms with Gasteiger partial charge in [0.05, 0.1) is 18.1 Å². The predicted molar refractivity (Wildman–Crippen MR) is 52.2 cm³/mol. The monoisotopic (exact) mass is 215 g/mol. The SMILES string of the molecule is O=C1CC(O)CN1CC1(O)CCOCC1. The van der Waals surface area contributed by atoms with E-state index in [9.17, 15) is 15.0 Å². The van der Waals surface area contributed by atoms with Gasteiger partial charge in [-0.15, -0.1) is 0 Å². The minimum absolute atomic E-state index is 0.0672. The van der Waals surface area contributed by atoms with Crippen LogP contribution in [0, 0.1) is 0 Å². The molecule has 1 amide bonds. The van der Waals surface area contributed by atoms with E-state index in [1.165, 1.54) is 0 Å². The van der Waals surface area contributed by atoms with Crippen molar-refractivity contribution in [3.8, 4) is 0 Å². The lowest BCUT2D eigenvalue weighted by Gasteiger charge is -2.35. The van der Waals surface area contributed by atoms with Gasteiger partial charge in [-0.3, -0.25) is 4.79 Å². The predicted octanol–water partition coefficient (Wildman–Crippen LogP) is -0.879. The van der Waals surface area contributed by atoms with Gasteiger partial charge in [0, 0.05) is 39.1 Å². The second-order valence-electron chi connectivity index (χ2n) is 4.47. The number of amides is 1. The summed E-state index contributed by atoms with van der Waals surface area (Å²) < 4.78 is 5.16. The van der Waals surface area contributed by atoms with Crippen LogP contribution in [0.2, 0.25) is 0 Å². The standard InChI is InChI=1S/C10H17NO4/c12-8-5-9(13)11(6-8)7-10(14)1-3-15-4-2-10/h8,12,14H,1-7H2. The van der Waals surface area contributed by atoms with Gasteiger partial charge in [0.1, 0.15) is 0 Å². The van der Waals surface area contributed by atoms with Crippen molar-refractivity contribution in [3.05, 3.63) is 0 Å². The van der Waals surface area contributed by atoms with Crippen LogP contribution in [0.4, 0.5) is 0 Å². The summed E-state index contributed by atoms with van der Waals surface area (Å²) in [5.41, 5.74) is -0.821. The third-order valence-corrected chi connectivity index (χ3v) is 3.10. The van der Waals surface area contributed by atoms with Crippen molar-refractivity contribution in [3.63, 3.8) is 0 Å². The molecule has 0 aromatic carbocycles. The van der Waals surface area contributed by atoms with Crippen LogP contribution in [0.5, 0.6) is 0 Å². The zero-order valence-electron chi connectivity index (χ0n) is 8.69. The van der Waals surface area contributed by atoms with Crippen LogP contribution in [0.1, 0.15) is 19.3 Å². The van der Waals surface area contributed by atoms with E-state index in [0.717, 1.165) is 0 Å². The van der Waals surface area contributed by atoms with Crippen molar-refractivity contribution in [2.75, 3.05) is 26.3 Å². The summed E-state index contributed by atoms with van der Waals surface area (Å²) in [6.45, 7) is 1.76. The van der Waals surface area contributed by atoms with Crippen molar-refractivity contribution in [1.82, 2.24) is 4.90 Å². The highest BCUT2D eigenvalue weighted by atomic mass is 16.5. The topological polar surface area (TPSA) is 70.0 Å². The van der Waals surface area contributed by atoms with Gasteiger partial charge in [-0.05, 0) is 0 Å². The van der Waals surface area contributed by atoms with E-state index >= 15 is 0 Å². The first-order chi connectivity index (χ1) is 7.09. The first kappa shape index (κ1) is 10.9. The van der Waals surface area contributed by atoms with E-state index in [4.69, 9.17) is 4.74 Å². The molecular weight excluding hydrogens is 198 g/mol. The van der Waals surface area contributed by atoms with Crippen LogP contribution in [-0.4, -0.2) is 59.0 Å². The molecule has 2 aliphatic heterocycles. The molecule has 0 aromatic rings. The molecule has 0 bridgehead atoms. The summed E-state index contributed by atoms with van der Waals surface area (Å²) in [5, 5.41) is 19.5. The maximum Gasteiger partial charge on any atom is 0.225 e. The molecule has 2 N–H and O–H groups in total. The molecular formula is C10H17NO4. The quantitative estimate of drug-likeness (QED) is 0.627. The largest absolute Gasteiger partial charge is 0.391 e. The summed E-state index contributed by atoms with van der Waals surface area (Å²) >= 11 is 0. The van der Waals surface area contributed by atoms with Gasteiger partial charge in [-0.25, -0.2) is 0 Å². The Morgan fingerprint density at radius 2 is 2.13 bits per heavy atom. The lowest BCUT2D eigenvalue weighted by atomic mass is 9.94. The number of nitrogens with zero attached hydrogens (tertiary/aromatic N) is 1. The number of carbonyl (C=O) groups is 1. The third-order valence-electron chi connectivity index (χ3n) is 3.10. The van der Waals surface area contributed by atoms with E-state index in [2.05, 4.69) is 0 Å². The number of aliphatic hydroxyl groups is 2. The van der Waals surface area contributed by atoms with Crippen LogP contribution in [-0.2, 0) is 9.53 Å². The summed E-state index contributed by atoms with van der Waals surface area (Å²) in [7, 11) is 0. The van der Waals surface area contributed by atoms with Gasteiger partial charge in [0.25, 0.3) is 0 Å². The maximum absolute atomic E-state index is 11.4. The van der Waals surface area contributed by atoms with Crippen molar-refractivity contribution >= 4 is 5.91 Å². The number of aliphatic hydroxyl groups excluding tert-OH is 1. The van der Waals surface area contributed by atoms with E-state index < -0.39 is 11.7 Å². The zero-order chi connectivity index (χ0) is 10.9. The molecule has 0 aromatic heterocycles. The van der Waals surface area contributed by atoms with E-state index in [1.807, 2.05) is 0 Å². The molecule has 0 aliphatic carbocycles. The Hall–Kier alpha value is -0.650. The van der Waals surface area contributed by atoms with Crippen molar-refractivity contribution in [2.45, 2.75) is 31.0 Å². The molecule has 2 rings (SSSR count). The minimum Gasteiger partial charge on any atom is -0.391 e. The molecule has 1 unspecified atom stereocenters. The highest BCUT2D eigenvalue weighted by Crippen LogP contribution is 2.24. The van der Waals surface area contributed by atoms with Gasteiger partial charge in [0.15, 0.2) is 0 Å². The van der Waals surface area contributed by atoms with Crippen LogP contribution in [0.15, 0.2) is 0 Å². The van der Waals surface area contributed by atoms with E-state index in [-0.39, 0.29) is 12.3 Å². The minimum atomic E-state index is -0.821. The van der Waals surface area contributed by atoms with Crippen LogP contribution >= 0.6 is 0 Å². The molecule has 5 nitrogen and oxygen atoms in total. The molecule has 15 heavy (non-hydrogen) atoms. The van der Waals surface area contributed by atoms with Gasteiger partial charge in [0.2, 0.25) is 5.91 Å². The molecule has 2 aliphatic rings. The molecule has 86 valence electrons. The summed E-state index contributed by atoms with van der Waals surface area (Å²) in [6.07, 6.45) is 0.743.